The third-order valence-electron chi connectivity index (χ3n) is 2.43. The van der Waals surface area contributed by atoms with Gasteiger partial charge in [-0.1, -0.05) is 24.8 Å². The van der Waals surface area contributed by atoms with Crippen molar-refractivity contribution < 1.29 is 9.59 Å². The third-order valence-corrected chi connectivity index (χ3v) is 2.43. The van der Waals surface area contributed by atoms with Crippen LogP contribution in [0.15, 0.2) is 30.4 Å². The molecule has 0 spiro atoms. The maximum absolute atomic E-state index is 11.7. The normalized spacial score (nSPS) is 9.76. The maximum Gasteiger partial charge on any atom is 0.251 e. The molecule has 0 aliphatic rings. The lowest BCUT2D eigenvalue weighted by Crippen LogP contribution is -2.20. The van der Waals surface area contributed by atoms with Crippen molar-refractivity contribution in [2.45, 2.75) is 20.3 Å². The summed E-state index contributed by atoms with van der Waals surface area (Å²) in [6.07, 6.45) is -0.128. The van der Waals surface area contributed by atoms with Crippen molar-refractivity contribution in [3.05, 3.63) is 41.5 Å². The Hall–Kier alpha value is -2.10. The first kappa shape index (κ1) is 13.0. The van der Waals surface area contributed by atoms with E-state index >= 15 is 0 Å². The van der Waals surface area contributed by atoms with Crippen LogP contribution in [0, 0.1) is 13.8 Å². The fourth-order valence-electron chi connectivity index (χ4n) is 1.50. The van der Waals surface area contributed by atoms with E-state index < -0.39 is 5.91 Å². The summed E-state index contributed by atoms with van der Waals surface area (Å²) in [7, 11) is 0. The fourth-order valence-corrected chi connectivity index (χ4v) is 1.50. The lowest BCUT2D eigenvalue weighted by Gasteiger charge is -2.11. The Kier molecular flexibility index (Phi) is 4.04. The molecule has 4 heteroatoms. The number of hydrogen-bond donors (Lipinski definition) is 2. The zero-order valence-electron chi connectivity index (χ0n) is 10.0. The van der Waals surface area contributed by atoms with Crippen LogP contribution in [0.1, 0.15) is 17.5 Å². The molecule has 1 rings (SSSR count). The highest BCUT2D eigenvalue weighted by atomic mass is 16.2. The largest absolute Gasteiger partial charge is 0.369 e. The second-order valence-electron chi connectivity index (χ2n) is 3.97. The molecule has 0 aliphatic heterocycles. The Morgan fingerprint density at radius 1 is 1.29 bits per heavy atom. The predicted molar refractivity (Wildman–Crippen MR) is 67.5 cm³/mol. The molecule has 0 heterocycles. The van der Waals surface area contributed by atoms with Gasteiger partial charge in [0, 0.05) is 11.3 Å². The number of amides is 2. The van der Waals surface area contributed by atoms with Crippen LogP contribution in [0.25, 0.3) is 0 Å². The minimum Gasteiger partial charge on any atom is -0.369 e. The number of nitrogens with two attached hydrogens (primary N) is 1. The molecule has 3 N–H and O–H groups in total. The molecule has 1 aromatic carbocycles. The molecule has 0 saturated carbocycles. The Bertz CT molecular complexity index is 458. The van der Waals surface area contributed by atoms with Gasteiger partial charge in [0.15, 0.2) is 0 Å². The van der Waals surface area contributed by atoms with Crippen molar-refractivity contribution >= 4 is 17.5 Å². The molecule has 0 aliphatic carbocycles. The molecule has 0 bridgehead atoms. The number of rotatable bonds is 4. The van der Waals surface area contributed by atoms with E-state index in [2.05, 4.69) is 11.9 Å². The first-order valence-corrected chi connectivity index (χ1v) is 5.25. The van der Waals surface area contributed by atoms with Crippen LogP contribution in [-0.2, 0) is 9.59 Å². The van der Waals surface area contributed by atoms with Crippen LogP contribution < -0.4 is 11.1 Å². The van der Waals surface area contributed by atoms with E-state index in [1.807, 2.05) is 32.0 Å². The number of aryl methyl sites for hydroxylation is 2. The summed E-state index contributed by atoms with van der Waals surface area (Å²) < 4.78 is 0. The van der Waals surface area contributed by atoms with E-state index in [1.165, 1.54) is 0 Å². The van der Waals surface area contributed by atoms with Gasteiger partial charge in [0.05, 0.1) is 6.42 Å². The smallest absolute Gasteiger partial charge is 0.251 e. The summed E-state index contributed by atoms with van der Waals surface area (Å²) in [5.41, 5.74) is 7.85. The summed E-state index contributed by atoms with van der Waals surface area (Å²) in [5, 5.41) is 2.74. The molecular weight excluding hydrogens is 216 g/mol. The van der Waals surface area contributed by atoms with Crippen molar-refractivity contribution in [2.24, 2.45) is 5.73 Å². The first-order chi connectivity index (χ1) is 7.91. The fraction of sp³-hybridized carbons (Fsp3) is 0.231. The Balaban J connectivity index is 2.81. The number of primary amides is 1. The third kappa shape index (κ3) is 3.45. The van der Waals surface area contributed by atoms with Gasteiger partial charge in [-0.25, -0.2) is 0 Å². The predicted octanol–water partition coefficient (Wildman–Crippen LogP) is 1.67. The molecule has 1 aromatic rings. The van der Waals surface area contributed by atoms with Crippen molar-refractivity contribution in [3.63, 3.8) is 0 Å². The van der Waals surface area contributed by atoms with Crippen LogP contribution in [0.3, 0.4) is 0 Å². The minimum atomic E-state index is -0.563. The highest BCUT2D eigenvalue weighted by Gasteiger charge is 2.12. The highest BCUT2D eigenvalue weighted by Crippen LogP contribution is 2.20. The second-order valence-corrected chi connectivity index (χ2v) is 3.97. The summed E-state index contributed by atoms with van der Waals surface area (Å²) in [5.74, 6) is -0.937. The Morgan fingerprint density at radius 3 is 2.29 bits per heavy atom. The topological polar surface area (TPSA) is 72.2 Å². The summed E-state index contributed by atoms with van der Waals surface area (Å²) in [6, 6.07) is 5.72. The molecule has 0 radical (unpaired) electrons. The van der Waals surface area contributed by atoms with Gasteiger partial charge < -0.3 is 11.1 Å². The van der Waals surface area contributed by atoms with Crippen molar-refractivity contribution in [1.29, 1.82) is 0 Å². The van der Waals surface area contributed by atoms with Crippen LogP contribution in [0.5, 0.6) is 0 Å². The summed E-state index contributed by atoms with van der Waals surface area (Å²) >= 11 is 0. The first-order valence-electron chi connectivity index (χ1n) is 5.25. The summed E-state index contributed by atoms with van der Waals surface area (Å²) in [4.78, 5) is 22.4. The van der Waals surface area contributed by atoms with E-state index in [9.17, 15) is 9.59 Å². The number of anilines is 1. The van der Waals surface area contributed by atoms with Crippen molar-refractivity contribution in [1.82, 2.24) is 0 Å². The molecule has 0 saturated heterocycles. The SMILES string of the molecule is C=C(CC(N)=O)C(=O)Nc1c(C)cccc1C. The van der Waals surface area contributed by atoms with Gasteiger partial charge in [-0.2, -0.15) is 0 Å². The van der Waals surface area contributed by atoms with Crippen molar-refractivity contribution in [3.8, 4) is 0 Å². The zero-order valence-corrected chi connectivity index (χ0v) is 10.0. The number of nitrogens with one attached hydrogen (secondary N) is 1. The highest BCUT2D eigenvalue weighted by molar-refractivity contribution is 6.06. The van der Waals surface area contributed by atoms with Gasteiger partial charge in [-0.15, -0.1) is 0 Å². The quantitative estimate of drug-likeness (QED) is 0.775. The molecule has 4 nitrogen and oxygen atoms in total. The van der Waals surface area contributed by atoms with E-state index in [1.54, 1.807) is 0 Å². The van der Waals surface area contributed by atoms with E-state index in [-0.39, 0.29) is 17.9 Å². The molecule has 0 unspecified atom stereocenters. The summed E-state index contributed by atoms with van der Waals surface area (Å²) in [6.45, 7) is 7.34. The number of benzene rings is 1. The van der Waals surface area contributed by atoms with Gasteiger partial charge in [-0.3, -0.25) is 9.59 Å². The van der Waals surface area contributed by atoms with Gasteiger partial charge >= 0.3 is 0 Å². The van der Waals surface area contributed by atoms with Crippen molar-refractivity contribution in [2.75, 3.05) is 5.32 Å². The van der Waals surface area contributed by atoms with Gasteiger partial charge in [0.2, 0.25) is 5.91 Å². The molecule has 0 atom stereocenters. The number of para-hydroxylation sites is 1. The molecule has 2 amide bonds. The maximum atomic E-state index is 11.7. The minimum absolute atomic E-state index is 0.128. The second kappa shape index (κ2) is 5.30. The van der Waals surface area contributed by atoms with Crippen LogP contribution in [0.2, 0.25) is 0 Å². The number of hydrogen-bond acceptors (Lipinski definition) is 2. The lowest BCUT2D eigenvalue weighted by atomic mass is 10.1. The average Bonchev–Trinajstić information content (AvgIpc) is 2.22. The van der Waals surface area contributed by atoms with Gasteiger partial charge in [-0.05, 0) is 25.0 Å². The number of carbonyl (C=O) groups is 2. The monoisotopic (exact) mass is 232 g/mol. The van der Waals surface area contributed by atoms with Crippen LogP contribution in [0.4, 0.5) is 5.69 Å². The van der Waals surface area contributed by atoms with E-state index in [0.717, 1.165) is 16.8 Å². The zero-order chi connectivity index (χ0) is 13.0. The van der Waals surface area contributed by atoms with Gasteiger partial charge in [0.25, 0.3) is 5.91 Å². The molecule has 0 fully saturated rings. The molecular formula is C13H16N2O2. The molecule has 90 valence electrons. The Labute approximate surface area is 101 Å². The van der Waals surface area contributed by atoms with Crippen LogP contribution in [-0.4, -0.2) is 11.8 Å². The average molecular weight is 232 g/mol. The van der Waals surface area contributed by atoms with Gasteiger partial charge in [0.1, 0.15) is 0 Å². The van der Waals surface area contributed by atoms with E-state index in [4.69, 9.17) is 5.73 Å². The number of carbonyl (C=O) groups excluding carboxylic acids is 2. The van der Waals surface area contributed by atoms with E-state index in [0.29, 0.717) is 0 Å². The Morgan fingerprint density at radius 2 is 1.82 bits per heavy atom. The van der Waals surface area contributed by atoms with Crippen LogP contribution >= 0.6 is 0 Å². The molecule has 17 heavy (non-hydrogen) atoms. The lowest BCUT2D eigenvalue weighted by molar-refractivity contribution is -0.119. The molecule has 0 aromatic heterocycles. The standard InChI is InChI=1S/C13H16N2O2/c1-8-5-4-6-9(2)12(8)15-13(17)10(3)7-11(14)16/h4-6H,3,7H2,1-2H3,(H2,14,16)(H,15,17).